The van der Waals surface area contributed by atoms with E-state index in [1.54, 1.807) is 13.8 Å². The lowest BCUT2D eigenvalue weighted by molar-refractivity contribution is -0.153. The minimum absolute atomic E-state index is 0.0128. The van der Waals surface area contributed by atoms with Gasteiger partial charge in [0, 0.05) is 5.56 Å². The average Bonchev–Trinajstić information content (AvgIpc) is 3.16. The van der Waals surface area contributed by atoms with Gasteiger partial charge in [0.1, 0.15) is 16.8 Å². The summed E-state index contributed by atoms with van der Waals surface area (Å²) >= 11 is 0.832. The molecule has 0 aliphatic carbocycles. The molecule has 0 spiro atoms. The highest BCUT2D eigenvalue weighted by molar-refractivity contribution is 7.00. The summed E-state index contributed by atoms with van der Waals surface area (Å²) in [5.74, 6) is -3.66. The van der Waals surface area contributed by atoms with E-state index < -0.39 is 47.7 Å². The van der Waals surface area contributed by atoms with Crippen molar-refractivity contribution < 1.29 is 41.0 Å². The quantitative estimate of drug-likeness (QED) is 0.380. The van der Waals surface area contributed by atoms with Gasteiger partial charge in [0.15, 0.2) is 6.61 Å². The molecule has 0 unspecified atom stereocenters. The van der Waals surface area contributed by atoms with Gasteiger partial charge in [0.05, 0.1) is 23.2 Å². The predicted molar refractivity (Wildman–Crippen MR) is 109 cm³/mol. The van der Waals surface area contributed by atoms with E-state index in [4.69, 9.17) is 4.74 Å². The zero-order valence-corrected chi connectivity index (χ0v) is 18.1. The van der Waals surface area contributed by atoms with Crippen molar-refractivity contribution in [3.63, 3.8) is 0 Å². The number of fused-ring (bicyclic) bond motifs is 1. The lowest BCUT2D eigenvalue weighted by Gasteiger charge is -2.23. The molecule has 0 fully saturated rings. The largest absolute Gasteiger partial charge is 0.483 e. The molecule has 5 nitrogen and oxygen atoms in total. The monoisotopic (exact) mass is 492 g/mol. The molecule has 12 heteroatoms. The maximum atomic E-state index is 14.1. The Kier molecular flexibility index (Phi) is 6.87. The molecule has 0 amide bonds. The molecule has 33 heavy (non-hydrogen) atoms. The SMILES string of the molecule is CC(C)C[C@H](C(=O)O)c1cc(OCC(F)(F)F)c(-c2ccc3nsnc3c2)c(C(F)(F)F)c1. The van der Waals surface area contributed by atoms with Gasteiger partial charge in [0.2, 0.25) is 0 Å². The van der Waals surface area contributed by atoms with Crippen LogP contribution in [0.1, 0.15) is 37.3 Å². The molecule has 1 aromatic heterocycles. The van der Waals surface area contributed by atoms with Crippen LogP contribution in [0.25, 0.3) is 22.2 Å². The van der Waals surface area contributed by atoms with Crippen LogP contribution < -0.4 is 4.74 Å². The first-order valence-electron chi connectivity index (χ1n) is 9.66. The normalized spacial score (nSPS) is 13.5. The summed E-state index contributed by atoms with van der Waals surface area (Å²) in [6.45, 7) is 1.53. The number of carboxylic acid groups (broad SMARTS) is 1. The summed E-state index contributed by atoms with van der Waals surface area (Å²) in [6, 6.07) is 5.56. The predicted octanol–water partition coefficient (Wildman–Crippen LogP) is 6.53. The Bertz CT molecular complexity index is 1160. The van der Waals surface area contributed by atoms with Crippen LogP contribution in [0, 0.1) is 5.92 Å². The Morgan fingerprint density at radius 1 is 1.06 bits per heavy atom. The van der Waals surface area contributed by atoms with Crippen LogP contribution in [0.3, 0.4) is 0 Å². The van der Waals surface area contributed by atoms with Crippen LogP contribution in [0.5, 0.6) is 5.75 Å². The second kappa shape index (κ2) is 9.16. The van der Waals surface area contributed by atoms with Crippen molar-refractivity contribution in [3.8, 4) is 16.9 Å². The lowest BCUT2D eigenvalue weighted by atomic mass is 9.86. The number of nitrogens with zero attached hydrogens (tertiary/aromatic N) is 2. The van der Waals surface area contributed by atoms with Gasteiger partial charge < -0.3 is 9.84 Å². The van der Waals surface area contributed by atoms with Gasteiger partial charge in [-0.05, 0) is 47.7 Å². The van der Waals surface area contributed by atoms with Crippen LogP contribution in [0.4, 0.5) is 26.3 Å². The molecule has 1 atom stereocenters. The molecule has 3 rings (SSSR count). The molecule has 1 N–H and O–H groups in total. The summed E-state index contributed by atoms with van der Waals surface area (Å²) in [7, 11) is 0. The number of hydrogen-bond acceptors (Lipinski definition) is 5. The van der Waals surface area contributed by atoms with Gasteiger partial charge >= 0.3 is 18.3 Å². The zero-order chi connectivity index (χ0) is 24.6. The third kappa shape index (κ3) is 5.92. The van der Waals surface area contributed by atoms with E-state index in [-0.39, 0.29) is 29.0 Å². The molecule has 0 radical (unpaired) electrons. The first-order chi connectivity index (χ1) is 15.3. The van der Waals surface area contributed by atoms with E-state index in [0.29, 0.717) is 11.6 Å². The van der Waals surface area contributed by atoms with Gasteiger partial charge in [-0.15, -0.1) is 0 Å². The molecule has 0 aliphatic heterocycles. The molecule has 0 aliphatic rings. The minimum atomic E-state index is -5.00. The summed E-state index contributed by atoms with van der Waals surface area (Å²) in [5.41, 5.74) is -1.62. The highest BCUT2D eigenvalue weighted by Crippen LogP contribution is 2.45. The van der Waals surface area contributed by atoms with Crippen LogP contribution >= 0.6 is 11.7 Å². The molecular weight excluding hydrogens is 474 g/mol. The Labute approximate surface area is 188 Å². The van der Waals surface area contributed by atoms with E-state index in [0.717, 1.165) is 17.8 Å². The van der Waals surface area contributed by atoms with E-state index in [2.05, 4.69) is 8.75 Å². The number of rotatable bonds is 7. The lowest BCUT2D eigenvalue weighted by Crippen LogP contribution is -2.21. The van der Waals surface area contributed by atoms with Crippen molar-refractivity contribution in [2.24, 2.45) is 5.92 Å². The fourth-order valence-electron chi connectivity index (χ4n) is 3.42. The first kappa shape index (κ1) is 24.7. The third-order valence-corrected chi connectivity index (χ3v) is 5.33. The first-order valence-corrected chi connectivity index (χ1v) is 10.4. The van der Waals surface area contributed by atoms with Crippen molar-refractivity contribution in [1.82, 2.24) is 8.75 Å². The highest BCUT2D eigenvalue weighted by atomic mass is 32.1. The van der Waals surface area contributed by atoms with E-state index in [1.165, 1.54) is 18.2 Å². The standard InChI is InChI=1S/C21H18F6N2O3S/c1-10(2)5-13(19(30)31)12-6-14(21(25,26)27)18(17(8-12)32-9-20(22,23)24)11-3-4-15-16(7-11)29-33-28-15/h3-4,6-8,10,13H,5,9H2,1-2H3,(H,30,31)/t13-/m0/s1. The molecular formula is C21H18F6N2O3S. The second-order valence-corrected chi connectivity index (χ2v) is 8.36. The van der Waals surface area contributed by atoms with Gasteiger partial charge in [-0.25, -0.2) is 0 Å². The summed E-state index contributed by atoms with van der Waals surface area (Å²) in [6.07, 6.45) is -9.84. The number of hydrogen-bond donors (Lipinski definition) is 1. The molecule has 1 heterocycles. The smallest absolute Gasteiger partial charge is 0.422 e. The minimum Gasteiger partial charge on any atom is -0.483 e. The number of carbonyl (C=O) groups is 1. The number of carboxylic acids is 1. The van der Waals surface area contributed by atoms with E-state index >= 15 is 0 Å². The van der Waals surface area contributed by atoms with Gasteiger partial charge in [-0.3, -0.25) is 4.79 Å². The van der Waals surface area contributed by atoms with Crippen molar-refractivity contribution in [1.29, 1.82) is 0 Å². The molecule has 3 aromatic rings. The van der Waals surface area contributed by atoms with E-state index in [9.17, 15) is 36.2 Å². The molecule has 0 bridgehead atoms. The fourth-order valence-corrected chi connectivity index (χ4v) is 3.94. The van der Waals surface area contributed by atoms with E-state index in [1.807, 2.05) is 0 Å². The fraction of sp³-hybridized carbons (Fsp3) is 0.381. The maximum absolute atomic E-state index is 14.1. The zero-order valence-electron chi connectivity index (χ0n) is 17.3. The maximum Gasteiger partial charge on any atom is 0.422 e. The van der Waals surface area contributed by atoms with Crippen LogP contribution in [-0.4, -0.2) is 32.6 Å². The second-order valence-electron chi connectivity index (χ2n) is 7.83. The Balaban J connectivity index is 2.29. The van der Waals surface area contributed by atoms with Gasteiger partial charge in [-0.2, -0.15) is 35.1 Å². The number of alkyl halides is 6. The van der Waals surface area contributed by atoms with Crippen molar-refractivity contribution in [2.45, 2.75) is 38.5 Å². The summed E-state index contributed by atoms with van der Waals surface area (Å²) < 4.78 is 93.7. The topological polar surface area (TPSA) is 72.3 Å². The van der Waals surface area contributed by atoms with Gasteiger partial charge in [0.25, 0.3) is 0 Å². The molecule has 0 saturated carbocycles. The van der Waals surface area contributed by atoms with Gasteiger partial charge in [-0.1, -0.05) is 19.9 Å². The Morgan fingerprint density at radius 3 is 2.30 bits per heavy atom. The number of aromatic nitrogens is 2. The van der Waals surface area contributed by atoms with Crippen molar-refractivity contribution in [2.75, 3.05) is 6.61 Å². The van der Waals surface area contributed by atoms with Crippen LogP contribution in [0.2, 0.25) is 0 Å². The van der Waals surface area contributed by atoms with Crippen molar-refractivity contribution >= 4 is 28.7 Å². The molecule has 0 saturated heterocycles. The van der Waals surface area contributed by atoms with Crippen LogP contribution in [-0.2, 0) is 11.0 Å². The summed E-state index contributed by atoms with van der Waals surface area (Å²) in [4.78, 5) is 11.8. The molecule has 2 aromatic carbocycles. The molecule has 178 valence electrons. The Morgan fingerprint density at radius 2 is 1.73 bits per heavy atom. The average molecular weight is 492 g/mol. The van der Waals surface area contributed by atoms with Crippen molar-refractivity contribution in [3.05, 3.63) is 41.5 Å². The number of aliphatic carboxylic acids is 1. The number of halogens is 6. The third-order valence-electron chi connectivity index (χ3n) is 4.77. The highest BCUT2D eigenvalue weighted by Gasteiger charge is 2.38. The Hall–Kier alpha value is -2.89. The van der Waals surface area contributed by atoms with Crippen LogP contribution in [0.15, 0.2) is 30.3 Å². The number of benzene rings is 2. The summed E-state index contributed by atoms with van der Waals surface area (Å²) in [5, 5.41) is 9.58. The number of ether oxygens (including phenoxy) is 1.